The van der Waals surface area contributed by atoms with Crippen molar-refractivity contribution >= 4 is 0 Å². The average molecular weight is 303 g/mol. The molecule has 2 aromatic carbocycles. The van der Waals surface area contributed by atoms with E-state index in [0.29, 0.717) is 0 Å². The smallest absolute Gasteiger partial charge is 0.159 e. The van der Waals surface area contributed by atoms with Crippen LogP contribution in [0.5, 0.6) is 0 Å². The van der Waals surface area contributed by atoms with Crippen molar-refractivity contribution in [1.82, 2.24) is 14.9 Å². The number of nitrogens with zero attached hydrogens (tertiary/aromatic N) is 3. The molecule has 0 saturated heterocycles. The Balaban J connectivity index is 1.69. The van der Waals surface area contributed by atoms with Gasteiger partial charge >= 0.3 is 0 Å². The molecule has 0 aliphatic heterocycles. The van der Waals surface area contributed by atoms with Crippen LogP contribution in [-0.4, -0.2) is 21.9 Å². The molecule has 0 bridgehead atoms. The lowest BCUT2D eigenvalue weighted by Gasteiger charge is -2.17. The van der Waals surface area contributed by atoms with E-state index in [1.54, 1.807) is 12.4 Å². The zero-order chi connectivity index (χ0) is 16.1. The molecule has 0 aliphatic carbocycles. The van der Waals surface area contributed by atoms with Crippen molar-refractivity contribution in [2.24, 2.45) is 0 Å². The summed E-state index contributed by atoms with van der Waals surface area (Å²) in [4.78, 5) is 11.0. The highest BCUT2D eigenvalue weighted by Gasteiger charge is 2.05. The van der Waals surface area contributed by atoms with E-state index in [9.17, 15) is 0 Å². The zero-order valence-corrected chi connectivity index (χ0v) is 13.6. The lowest BCUT2D eigenvalue weighted by Crippen LogP contribution is -2.17. The van der Waals surface area contributed by atoms with Crippen molar-refractivity contribution < 1.29 is 0 Å². The van der Waals surface area contributed by atoms with Crippen molar-refractivity contribution in [2.75, 3.05) is 7.05 Å². The Bertz CT molecular complexity index is 751. The maximum atomic E-state index is 4.32. The third-order valence-corrected chi connectivity index (χ3v) is 3.78. The molecule has 1 heterocycles. The van der Waals surface area contributed by atoms with Gasteiger partial charge in [-0.1, -0.05) is 48.0 Å². The van der Waals surface area contributed by atoms with Gasteiger partial charge in [0.25, 0.3) is 0 Å². The predicted octanol–water partition coefficient (Wildman–Crippen LogP) is 4.08. The van der Waals surface area contributed by atoms with Gasteiger partial charge < -0.3 is 0 Å². The Kier molecular flexibility index (Phi) is 4.79. The first-order valence-electron chi connectivity index (χ1n) is 7.81. The number of benzene rings is 2. The fourth-order valence-corrected chi connectivity index (χ4v) is 2.63. The largest absolute Gasteiger partial charge is 0.298 e. The van der Waals surface area contributed by atoms with Gasteiger partial charge in [-0.3, -0.25) is 4.90 Å². The zero-order valence-electron chi connectivity index (χ0n) is 13.6. The van der Waals surface area contributed by atoms with Crippen LogP contribution in [0.25, 0.3) is 11.4 Å². The van der Waals surface area contributed by atoms with Crippen molar-refractivity contribution in [3.05, 3.63) is 83.7 Å². The van der Waals surface area contributed by atoms with Crippen LogP contribution in [0.1, 0.15) is 16.7 Å². The molecule has 116 valence electrons. The molecule has 3 heteroatoms. The molecule has 0 atom stereocenters. The summed E-state index contributed by atoms with van der Waals surface area (Å²) >= 11 is 0. The summed E-state index contributed by atoms with van der Waals surface area (Å²) in [5.41, 5.74) is 4.96. The van der Waals surface area contributed by atoms with Crippen molar-refractivity contribution in [3.63, 3.8) is 0 Å². The van der Waals surface area contributed by atoms with Crippen LogP contribution in [0.4, 0.5) is 0 Å². The number of rotatable bonds is 5. The molecule has 0 unspecified atom stereocenters. The van der Waals surface area contributed by atoms with Gasteiger partial charge in [0.2, 0.25) is 0 Å². The van der Waals surface area contributed by atoms with Crippen LogP contribution in [-0.2, 0) is 13.1 Å². The summed E-state index contributed by atoms with van der Waals surface area (Å²) in [6.45, 7) is 3.95. The molecule has 0 saturated carbocycles. The highest BCUT2D eigenvalue weighted by molar-refractivity contribution is 5.55. The molecule has 0 fully saturated rings. The Labute approximate surface area is 137 Å². The van der Waals surface area contributed by atoms with Crippen LogP contribution >= 0.6 is 0 Å². The Morgan fingerprint density at radius 3 is 2.26 bits per heavy atom. The first-order valence-corrected chi connectivity index (χ1v) is 7.81. The summed E-state index contributed by atoms with van der Waals surface area (Å²) in [5, 5.41) is 0. The molecule has 3 rings (SSSR count). The SMILES string of the molecule is Cc1ccc(CN(C)Cc2cccc(-c3ncccn3)c2)cc1. The van der Waals surface area contributed by atoms with Gasteiger partial charge in [0.1, 0.15) is 0 Å². The van der Waals surface area contributed by atoms with Gasteiger partial charge in [-0.25, -0.2) is 9.97 Å². The molecule has 0 N–H and O–H groups in total. The quantitative estimate of drug-likeness (QED) is 0.711. The van der Waals surface area contributed by atoms with E-state index in [1.807, 2.05) is 6.07 Å². The molecule has 0 aliphatic rings. The van der Waals surface area contributed by atoms with E-state index >= 15 is 0 Å². The van der Waals surface area contributed by atoms with Gasteiger partial charge in [0.15, 0.2) is 5.82 Å². The van der Waals surface area contributed by atoms with E-state index in [4.69, 9.17) is 0 Å². The summed E-state index contributed by atoms with van der Waals surface area (Å²) < 4.78 is 0. The lowest BCUT2D eigenvalue weighted by atomic mass is 10.1. The van der Waals surface area contributed by atoms with Gasteiger partial charge in [-0.05, 0) is 37.2 Å². The van der Waals surface area contributed by atoms with E-state index in [1.165, 1.54) is 16.7 Å². The van der Waals surface area contributed by atoms with E-state index in [-0.39, 0.29) is 0 Å². The van der Waals surface area contributed by atoms with Crippen LogP contribution < -0.4 is 0 Å². The van der Waals surface area contributed by atoms with Crippen molar-refractivity contribution in [2.45, 2.75) is 20.0 Å². The normalized spacial score (nSPS) is 10.9. The molecular weight excluding hydrogens is 282 g/mol. The highest BCUT2D eigenvalue weighted by Crippen LogP contribution is 2.17. The van der Waals surface area contributed by atoms with Crippen LogP contribution in [0.3, 0.4) is 0 Å². The maximum absolute atomic E-state index is 4.32. The van der Waals surface area contributed by atoms with Gasteiger partial charge in [0, 0.05) is 31.0 Å². The molecule has 23 heavy (non-hydrogen) atoms. The third-order valence-electron chi connectivity index (χ3n) is 3.78. The van der Waals surface area contributed by atoms with Gasteiger partial charge in [-0.15, -0.1) is 0 Å². The Hall–Kier alpha value is -2.52. The third kappa shape index (κ3) is 4.24. The second kappa shape index (κ2) is 7.16. The van der Waals surface area contributed by atoms with E-state index in [2.05, 4.69) is 77.4 Å². The minimum atomic E-state index is 0.774. The first-order chi connectivity index (χ1) is 11.2. The second-order valence-electron chi connectivity index (χ2n) is 5.93. The summed E-state index contributed by atoms with van der Waals surface area (Å²) in [7, 11) is 2.14. The van der Waals surface area contributed by atoms with Gasteiger partial charge in [-0.2, -0.15) is 0 Å². The van der Waals surface area contributed by atoms with Crippen molar-refractivity contribution in [1.29, 1.82) is 0 Å². The molecule has 0 radical (unpaired) electrons. The summed E-state index contributed by atoms with van der Waals surface area (Å²) in [5.74, 6) is 0.774. The molecule has 0 amide bonds. The van der Waals surface area contributed by atoms with E-state index in [0.717, 1.165) is 24.5 Å². The first kappa shape index (κ1) is 15.4. The maximum Gasteiger partial charge on any atom is 0.159 e. The van der Waals surface area contributed by atoms with Crippen LogP contribution in [0, 0.1) is 6.92 Å². The summed E-state index contributed by atoms with van der Waals surface area (Å²) in [6, 6.07) is 19.0. The van der Waals surface area contributed by atoms with E-state index < -0.39 is 0 Å². The predicted molar refractivity (Wildman–Crippen MR) is 93.8 cm³/mol. The molecule has 3 nitrogen and oxygen atoms in total. The second-order valence-corrected chi connectivity index (χ2v) is 5.93. The Morgan fingerprint density at radius 2 is 1.52 bits per heavy atom. The Morgan fingerprint density at radius 1 is 0.826 bits per heavy atom. The van der Waals surface area contributed by atoms with Gasteiger partial charge in [0.05, 0.1) is 0 Å². The monoisotopic (exact) mass is 303 g/mol. The molecule has 0 spiro atoms. The highest BCUT2D eigenvalue weighted by atomic mass is 15.1. The van der Waals surface area contributed by atoms with Crippen LogP contribution in [0.15, 0.2) is 67.0 Å². The number of aromatic nitrogens is 2. The topological polar surface area (TPSA) is 29.0 Å². The van der Waals surface area contributed by atoms with Crippen LogP contribution in [0.2, 0.25) is 0 Å². The fraction of sp³-hybridized carbons (Fsp3) is 0.200. The molecule has 3 aromatic rings. The number of hydrogen-bond donors (Lipinski definition) is 0. The van der Waals surface area contributed by atoms with Crippen molar-refractivity contribution in [3.8, 4) is 11.4 Å². The average Bonchev–Trinajstić information content (AvgIpc) is 2.58. The lowest BCUT2D eigenvalue weighted by molar-refractivity contribution is 0.319. The molecule has 1 aromatic heterocycles. The standard InChI is InChI=1S/C20H21N3/c1-16-7-9-17(10-8-16)14-23(2)15-18-5-3-6-19(13-18)20-21-11-4-12-22-20/h3-13H,14-15H2,1-2H3. The fourth-order valence-electron chi connectivity index (χ4n) is 2.63. The number of aryl methyl sites for hydroxylation is 1. The summed E-state index contributed by atoms with van der Waals surface area (Å²) in [6.07, 6.45) is 3.55. The number of hydrogen-bond acceptors (Lipinski definition) is 3. The minimum absolute atomic E-state index is 0.774. The molecular formula is C20H21N3. The minimum Gasteiger partial charge on any atom is -0.298 e.